The van der Waals surface area contributed by atoms with Crippen LogP contribution in [-0.2, 0) is 9.53 Å². The molecule has 1 aromatic rings. The molecule has 0 spiro atoms. The van der Waals surface area contributed by atoms with Gasteiger partial charge in [-0.05, 0) is 37.7 Å². The van der Waals surface area contributed by atoms with Crippen molar-refractivity contribution >= 4 is 40.5 Å². The summed E-state index contributed by atoms with van der Waals surface area (Å²) in [5.74, 6) is -0.593. The lowest BCUT2D eigenvalue weighted by atomic mass is 10.0. The number of anilines is 2. The second-order valence-electron chi connectivity index (χ2n) is 8.35. The highest BCUT2D eigenvalue weighted by Gasteiger charge is 2.33. The van der Waals surface area contributed by atoms with Crippen LogP contribution in [0.4, 0.5) is 20.6 Å². The highest BCUT2D eigenvalue weighted by Crippen LogP contribution is 2.30. The second-order valence-corrected chi connectivity index (χ2v) is 8.87. The Labute approximate surface area is 200 Å². The molecular formula is C23H34FN5O3S. The first kappa shape index (κ1) is 25.3. The first-order valence-electron chi connectivity index (χ1n) is 11.6. The molecule has 2 amide bonds. The molecule has 0 saturated carbocycles. The Morgan fingerprint density at radius 3 is 2.79 bits per heavy atom. The fraction of sp³-hybridized carbons (Fsp3) is 0.609. The van der Waals surface area contributed by atoms with Gasteiger partial charge in [-0.15, -0.1) is 0 Å². The first-order valence-corrected chi connectivity index (χ1v) is 12.0. The minimum atomic E-state index is -0.546. The van der Waals surface area contributed by atoms with E-state index in [0.29, 0.717) is 24.5 Å². The fourth-order valence-electron chi connectivity index (χ4n) is 4.25. The van der Waals surface area contributed by atoms with E-state index in [4.69, 9.17) is 17.0 Å². The molecule has 2 aliphatic heterocycles. The molecule has 2 saturated heterocycles. The van der Waals surface area contributed by atoms with Gasteiger partial charge in [0.25, 0.3) is 0 Å². The predicted molar refractivity (Wildman–Crippen MR) is 132 cm³/mol. The van der Waals surface area contributed by atoms with E-state index in [1.807, 2.05) is 4.90 Å². The monoisotopic (exact) mass is 479 g/mol. The number of rotatable bonds is 10. The number of thiocarbonyl (C=S) groups is 1. The minimum Gasteiger partial charge on any atom is -0.442 e. The summed E-state index contributed by atoms with van der Waals surface area (Å²) < 4.78 is 20.6. The zero-order valence-electron chi connectivity index (χ0n) is 19.6. The van der Waals surface area contributed by atoms with E-state index in [0.717, 1.165) is 37.5 Å². The van der Waals surface area contributed by atoms with E-state index in [1.54, 1.807) is 12.1 Å². The Hall–Kier alpha value is -2.30. The van der Waals surface area contributed by atoms with E-state index in [1.165, 1.54) is 17.9 Å². The van der Waals surface area contributed by atoms with E-state index >= 15 is 4.39 Å². The maximum Gasteiger partial charge on any atom is 0.414 e. The molecule has 182 valence electrons. The molecule has 1 aromatic carbocycles. The number of hydrogen-bond acceptors (Lipinski definition) is 7. The van der Waals surface area contributed by atoms with Gasteiger partial charge < -0.3 is 25.2 Å². The van der Waals surface area contributed by atoms with E-state index in [9.17, 15) is 9.59 Å². The van der Waals surface area contributed by atoms with Crippen molar-refractivity contribution in [3.8, 4) is 0 Å². The van der Waals surface area contributed by atoms with Crippen LogP contribution in [0.15, 0.2) is 18.2 Å². The Morgan fingerprint density at radius 2 is 2.12 bits per heavy atom. The SMILES string of the molecule is CCN(CC)CCC(=S)C1CNCCN1c1ccc(N2C[C@H](CNC(C)=O)OC2=O)cc1F. The molecular weight excluding hydrogens is 445 g/mol. The van der Waals surface area contributed by atoms with Crippen LogP contribution >= 0.6 is 12.2 Å². The smallest absolute Gasteiger partial charge is 0.414 e. The molecule has 0 radical (unpaired) electrons. The standard InChI is InChI=1S/C23H34FN5O3S/c1-4-27(5-2)10-8-22(33)21-14-25-9-11-28(21)20-7-6-17(12-19(20)24)29-15-18(32-23(29)31)13-26-16(3)30/h6-7,12,18,21,25H,4-5,8-11,13-15H2,1-3H3,(H,26,30)/t18-,21?/m0/s1. The summed E-state index contributed by atoms with van der Waals surface area (Å²) in [6.07, 6.45) is -0.227. The number of halogens is 1. The summed E-state index contributed by atoms with van der Waals surface area (Å²) in [5, 5.41) is 6.01. The molecule has 10 heteroatoms. The van der Waals surface area contributed by atoms with Gasteiger partial charge in [-0.25, -0.2) is 9.18 Å². The minimum absolute atomic E-state index is 0.0663. The zero-order valence-corrected chi connectivity index (χ0v) is 20.4. The molecule has 2 heterocycles. The molecule has 0 aromatic heterocycles. The normalized spacial score (nSPS) is 20.8. The number of ether oxygens (including phenoxy) is 1. The summed E-state index contributed by atoms with van der Waals surface area (Å²) in [5.41, 5.74) is 0.917. The molecule has 2 N–H and O–H groups in total. The third-order valence-electron chi connectivity index (χ3n) is 6.19. The number of carbonyl (C=O) groups excluding carboxylic acids is 2. The van der Waals surface area contributed by atoms with E-state index in [2.05, 4.69) is 29.4 Å². The van der Waals surface area contributed by atoms with Crippen LogP contribution in [0.1, 0.15) is 27.2 Å². The van der Waals surface area contributed by atoms with Crippen molar-refractivity contribution in [1.29, 1.82) is 0 Å². The van der Waals surface area contributed by atoms with Gasteiger partial charge in [-0.3, -0.25) is 9.69 Å². The molecule has 33 heavy (non-hydrogen) atoms. The van der Waals surface area contributed by atoms with E-state index < -0.39 is 18.0 Å². The Kier molecular flexibility index (Phi) is 8.99. The highest BCUT2D eigenvalue weighted by molar-refractivity contribution is 7.80. The third kappa shape index (κ3) is 6.39. The van der Waals surface area contributed by atoms with Crippen molar-refractivity contribution in [2.45, 2.75) is 39.3 Å². The molecule has 2 aliphatic rings. The van der Waals surface area contributed by atoms with Crippen LogP contribution in [0.3, 0.4) is 0 Å². The van der Waals surface area contributed by atoms with Crippen molar-refractivity contribution in [1.82, 2.24) is 15.5 Å². The molecule has 0 bridgehead atoms. The van der Waals surface area contributed by atoms with Crippen LogP contribution in [-0.4, -0.2) is 86.3 Å². The summed E-state index contributed by atoms with van der Waals surface area (Å²) >= 11 is 5.76. The van der Waals surface area contributed by atoms with Gasteiger partial charge in [0, 0.05) is 38.0 Å². The molecule has 2 atom stereocenters. The Balaban J connectivity index is 1.70. The molecule has 3 rings (SSSR count). The maximum atomic E-state index is 15.3. The first-order chi connectivity index (χ1) is 15.8. The van der Waals surface area contributed by atoms with Gasteiger partial charge in [0.2, 0.25) is 5.91 Å². The molecule has 2 fully saturated rings. The number of nitrogens with zero attached hydrogens (tertiary/aromatic N) is 3. The number of amides is 2. The number of benzene rings is 1. The van der Waals surface area contributed by atoms with Crippen LogP contribution in [0.2, 0.25) is 0 Å². The third-order valence-corrected chi connectivity index (χ3v) is 6.67. The Bertz CT molecular complexity index is 866. The van der Waals surface area contributed by atoms with Crippen LogP contribution in [0.5, 0.6) is 0 Å². The quantitative estimate of drug-likeness (QED) is 0.498. The largest absolute Gasteiger partial charge is 0.442 e. The molecule has 0 aliphatic carbocycles. The lowest BCUT2D eigenvalue weighted by Crippen LogP contribution is -2.55. The zero-order chi connectivity index (χ0) is 24.0. The predicted octanol–water partition coefficient (Wildman–Crippen LogP) is 2.17. The summed E-state index contributed by atoms with van der Waals surface area (Å²) in [6, 6.07) is 4.75. The average molecular weight is 480 g/mol. The van der Waals surface area contributed by atoms with Crippen LogP contribution < -0.4 is 20.4 Å². The highest BCUT2D eigenvalue weighted by atomic mass is 32.1. The van der Waals surface area contributed by atoms with Crippen molar-refractivity contribution in [3.05, 3.63) is 24.0 Å². The van der Waals surface area contributed by atoms with Gasteiger partial charge in [0.1, 0.15) is 11.9 Å². The van der Waals surface area contributed by atoms with E-state index in [-0.39, 0.29) is 25.0 Å². The fourth-order valence-corrected chi connectivity index (χ4v) is 4.55. The van der Waals surface area contributed by atoms with Gasteiger partial charge in [0.05, 0.1) is 30.5 Å². The topological polar surface area (TPSA) is 77.2 Å². The van der Waals surface area contributed by atoms with Crippen molar-refractivity contribution in [3.63, 3.8) is 0 Å². The summed E-state index contributed by atoms with van der Waals surface area (Å²) in [4.78, 5) is 30.1. The number of piperazine rings is 1. The maximum absolute atomic E-state index is 15.3. The van der Waals surface area contributed by atoms with Crippen LogP contribution in [0.25, 0.3) is 0 Å². The van der Waals surface area contributed by atoms with Gasteiger partial charge in [0.15, 0.2) is 0 Å². The second kappa shape index (κ2) is 11.7. The number of carbonyl (C=O) groups is 2. The van der Waals surface area contributed by atoms with Gasteiger partial charge >= 0.3 is 6.09 Å². The molecule has 1 unspecified atom stereocenters. The number of nitrogens with one attached hydrogen (secondary N) is 2. The van der Waals surface area contributed by atoms with Crippen molar-refractivity contribution in [2.75, 3.05) is 62.2 Å². The summed E-state index contributed by atoms with van der Waals surface area (Å²) in [7, 11) is 0. The van der Waals surface area contributed by atoms with Gasteiger partial charge in [-0.2, -0.15) is 0 Å². The lowest BCUT2D eigenvalue weighted by Gasteiger charge is -2.39. The number of cyclic esters (lactones) is 1. The van der Waals surface area contributed by atoms with Gasteiger partial charge in [-0.1, -0.05) is 26.1 Å². The van der Waals surface area contributed by atoms with Crippen molar-refractivity contribution < 1.29 is 18.7 Å². The van der Waals surface area contributed by atoms with Crippen LogP contribution in [0, 0.1) is 5.82 Å². The van der Waals surface area contributed by atoms with Crippen molar-refractivity contribution in [2.24, 2.45) is 0 Å². The summed E-state index contributed by atoms with van der Waals surface area (Å²) in [6.45, 7) is 11.1. The Morgan fingerprint density at radius 1 is 1.36 bits per heavy atom. The number of hydrogen-bond donors (Lipinski definition) is 2. The molecule has 8 nitrogen and oxygen atoms in total. The lowest BCUT2D eigenvalue weighted by molar-refractivity contribution is -0.119. The average Bonchev–Trinajstić information content (AvgIpc) is 3.18.